The predicted octanol–water partition coefficient (Wildman–Crippen LogP) is 3.99. The van der Waals surface area contributed by atoms with Gasteiger partial charge < -0.3 is 35.4 Å². The summed E-state index contributed by atoms with van der Waals surface area (Å²) < 4.78 is 10.2. The number of ether oxygens (including phenoxy) is 2. The zero-order chi connectivity index (χ0) is 39.6. The first-order chi connectivity index (χ1) is 23.3. The summed E-state index contributed by atoms with van der Waals surface area (Å²) in [6, 6.07) is 3.31. The third-order valence-electron chi connectivity index (χ3n) is 8.62. The highest BCUT2D eigenvalue weighted by Crippen LogP contribution is 2.30. The van der Waals surface area contributed by atoms with Crippen LogP contribution < -0.4 is 16.0 Å². The zero-order valence-corrected chi connectivity index (χ0v) is 32.8. The Morgan fingerprint density at radius 1 is 0.902 bits per heavy atom. The van der Waals surface area contributed by atoms with E-state index < -0.39 is 70.3 Å². The summed E-state index contributed by atoms with van der Waals surface area (Å²) in [6.07, 6.45) is 1.11. The van der Waals surface area contributed by atoms with Gasteiger partial charge in [0.05, 0.1) is 24.8 Å². The van der Waals surface area contributed by atoms with E-state index in [4.69, 9.17) is 9.47 Å². The third-order valence-corrected chi connectivity index (χ3v) is 8.62. The minimum absolute atomic E-state index is 0.161. The average molecular weight is 717 g/mol. The maximum Gasteiger partial charge on any atom is 0.337 e. The molecule has 0 aliphatic rings. The Morgan fingerprint density at radius 2 is 1.45 bits per heavy atom. The van der Waals surface area contributed by atoms with E-state index in [1.165, 1.54) is 12.0 Å². The number of nitrogens with one attached hydrogen (secondary N) is 3. The molecule has 1 unspecified atom stereocenters. The van der Waals surface area contributed by atoms with Gasteiger partial charge >= 0.3 is 17.9 Å². The Kier molecular flexibility index (Phi) is 16.1. The van der Waals surface area contributed by atoms with Crippen LogP contribution in [0.4, 0.5) is 0 Å². The number of hydrogen-bond acceptors (Lipinski definition) is 9. The van der Waals surface area contributed by atoms with Gasteiger partial charge in [0.15, 0.2) is 0 Å². The van der Waals surface area contributed by atoms with E-state index in [9.17, 15) is 33.9 Å². The molecule has 3 amide bonds. The smallest absolute Gasteiger partial charge is 0.337 e. The van der Waals surface area contributed by atoms with E-state index in [0.717, 1.165) is 5.56 Å². The lowest BCUT2D eigenvalue weighted by Crippen LogP contribution is -2.61. The number of hydrogen-bond donors (Lipinski definition) is 4. The van der Waals surface area contributed by atoms with E-state index in [1.54, 1.807) is 72.1 Å². The van der Waals surface area contributed by atoms with Crippen LogP contribution >= 0.6 is 0 Å². The molecule has 0 fully saturated rings. The van der Waals surface area contributed by atoms with Gasteiger partial charge in [0.2, 0.25) is 17.7 Å². The van der Waals surface area contributed by atoms with Crippen LogP contribution in [-0.2, 0) is 38.9 Å². The number of carboxylic acids is 1. The molecule has 286 valence electrons. The Labute approximate surface area is 303 Å². The minimum Gasteiger partial charge on any atom is -0.481 e. The molecule has 1 rings (SSSR count). The van der Waals surface area contributed by atoms with Gasteiger partial charge in [-0.3, -0.25) is 19.2 Å². The number of carbonyl (C=O) groups is 6. The van der Waals surface area contributed by atoms with Crippen molar-refractivity contribution in [3.63, 3.8) is 0 Å². The van der Waals surface area contributed by atoms with Gasteiger partial charge in [-0.2, -0.15) is 0 Å². The second-order valence-corrected chi connectivity index (χ2v) is 15.8. The number of nitrogens with zero attached hydrogens (tertiary/aromatic N) is 1. The third kappa shape index (κ3) is 13.1. The highest BCUT2D eigenvalue weighted by Gasteiger charge is 2.42. The fourth-order valence-corrected chi connectivity index (χ4v) is 5.61. The van der Waals surface area contributed by atoms with Crippen molar-refractivity contribution in [2.75, 3.05) is 21.2 Å². The molecule has 0 heterocycles. The Hall–Kier alpha value is -4.26. The van der Waals surface area contributed by atoms with Gasteiger partial charge in [-0.1, -0.05) is 66.7 Å². The van der Waals surface area contributed by atoms with Crippen LogP contribution in [0, 0.1) is 11.3 Å². The maximum absolute atomic E-state index is 14.2. The van der Waals surface area contributed by atoms with Gasteiger partial charge in [0.1, 0.15) is 17.7 Å². The molecule has 13 heteroatoms. The van der Waals surface area contributed by atoms with Crippen molar-refractivity contribution in [1.82, 2.24) is 20.9 Å². The van der Waals surface area contributed by atoms with Crippen molar-refractivity contribution in [3.8, 4) is 0 Å². The summed E-state index contributed by atoms with van der Waals surface area (Å²) in [4.78, 5) is 79.0. The van der Waals surface area contributed by atoms with Crippen LogP contribution in [0.15, 0.2) is 35.9 Å². The van der Waals surface area contributed by atoms with E-state index in [-0.39, 0.29) is 30.2 Å². The van der Waals surface area contributed by atoms with Gasteiger partial charge in [0.25, 0.3) is 0 Å². The summed E-state index contributed by atoms with van der Waals surface area (Å²) in [5, 5.41) is 17.9. The number of aliphatic carboxylic acids is 1. The first-order valence-electron chi connectivity index (χ1n) is 17.2. The number of rotatable bonds is 16. The van der Waals surface area contributed by atoms with Crippen LogP contribution in [-0.4, -0.2) is 96.6 Å². The van der Waals surface area contributed by atoms with E-state index in [2.05, 4.69) is 16.0 Å². The van der Waals surface area contributed by atoms with Crippen molar-refractivity contribution in [2.24, 2.45) is 11.3 Å². The standard InChI is InChI=1S/C38H60N4O9/c1-22(2)27(21-23(3)31(45)40-26(19-20-28(43)44)35(49)51-37(7,8)9)42(13)33(47)30(36(4,5)6)41-32(46)29(39-12)38(10,11)25-17-15-24(16-18-25)34(48)50-14/h15-18,21-22,26-27,29-30,39H,19-20H2,1-14H3,(H,40,45)(H,41,46)(H,43,44)/b23-21+/t26-,27-,29?,30-/m1/s1. The number of methoxy groups -OCH3 is 1. The van der Waals surface area contributed by atoms with Crippen LogP contribution in [0.5, 0.6) is 0 Å². The lowest BCUT2D eigenvalue weighted by atomic mass is 9.76. The average Bonchev–Trinajstić information content (AvgIpc) is 3.01. The van der Waals surface area contributed by atoms with Gasteiger partial charge in [-0.05, 0) is 70.2 Å². The first-order valence-corrected chi connectivity index (χ1v) is 17.2. The summed E-state index contributed by atoms with van der Waals surface area (Å²) >= 11 is 0. The molecule has 0 saturated carbocycles. The molecule has 1 aromatic rings. The van der Waals surface area contributed by atoms with E-state index in [1.807, 2.05) is 48.5 Å². The fraction of sp³-hybridized carbons (Fsp3) is 0.632. The Morgan fingerprint density at radius 3 is 1.88 bits per heavy atom. The molecule has 4 N–H and O–H groups in total. The Balaban J connectivity index is 3.36. The second kappa shape index (κ2) is 18.3. The molecular weight excluding hydrogens is 656 g/mol. The molecule has 4 atom stereocenters. The quantitative estimate of drug-likeness (QED) is 0.144. The molecule has 0 aliphatic heterocycles. The fourth-order valence-electron chi connectivity index (χ4n) is 5.61. The molecule has 0 radical (unpaired) electrons. The van der Waals surface area contributed by atoms with Crippen molar-refractivity contribution in [2.45, 2.75) is 124 Å². The predicted molar refractivity (Wildman–Crippen MR) is 195 cm³/mol. The highest BCUT2D eigenvalue weighted by atomic mass is 16.6. The lowest BCUT2D eigenvalue weighted by molar-refractivity contribution is -0.158. The molecule has 0 spiro atoms. The summed E-state index contributed by atoms with van der Waals surface area (Å²) in [7, 11) is 4.58. The number of carboxylic acid groups (broad SMARTS) is 1. The van der Waals surface area contributed by atoms with Crippen LogP contribution in [0.2, 0.25) is 0 Å². The summed E-state index contributed by atoms with van der Waals surface area (Å²) in [5.74, 6) is -3.88. The molecule has 0 saturated heterocycles. The zero-order valence-electron chi connectivity index (χ0n) is 32.8. The highest BCUT2D eigenvalue weighted by molar-refractivity contribution is 5.96. The van der Waals surface area contributed by atoms with E-state index in [0.29, 0.717) is 5.56 Å². The molecule has 0 bridgehead atoms. The van der Waals surface area contributed by atoms with Crippen molar-refractivity contribution in [3.05, 3.63) is 47.0 Å². The number of likely N-dealkylation sites (N-methyl/N-ethyl adjacent to an activating group) is 2. The SMILES string of the molecule is CNC(C(=O)N[C@H](C(=O)N(C)[C@H](/C=C(\C)C(=O)N[C@H](CCC(=O)O)C(=O)OC(C)(C)C)C(C)C)C(C)(C)C)C(C)(C)c1ccc(C(=O)OC)cc1. The van der Waals surface area contributed by atoms with Crippen molar-refractivity contribution >= 4 is 35.6 Å². The van der Waals surface area contributed by atoms with Crippen molar-refractivity contribution in [1.29, 1.82) is 0 Å². The van der Waals surface area contributed by atoms with Gasteiger partial charge in [-0.15, -0.1) is 0 Å². The van der Waals surface area contributed by atoms with Crippen LogP contribution in [0.3, 0.4) is 0 Å². The monoisotopic (exact) mass is 716 g/mol. The molecule has 0 aliphatic carbocycles. The number of benzene rings is 1. The summed E-state index contributed by atoms with van der Waals surface area (Å²) in [5.41, 5.74) is -0.945. The molecule has 1 aromatic carbocycles. The van der Waals surface area contributed by atoms with Crippen LogP contribution in [0.1, 0.15) is 105 Å². The molecule has 51 heavy (non-hydrogen) atoms. The molecule has 13 nitrogen and oxygen atoms in total. The first kappa shape index (κ1) is 44.8. The lowest BCUT2D eigenvalue weighted by Gasteiger charge is -2.40. The number of esters is 2. The normalized spacial score (nSPS) is 14.8. The molecule has 0 aromatic heterocycles. The second-order valence-electron chi connectivity index (χ2n) is 15.8. The summed E-state index contributed by atoms with van der Waals surface area (Å²) in [6.45, 7) is 19.7. The van der Waals surface area contributed by atoms with E-state index >= 15 is 0 Å². The largest absolute Gasteiger partial charge is 0.481 e. The number of carbonyl (C=O) groups excluding carboxylic acids is 5. The van der Waals surface area contributed by atoms with Gasteiger partial charge in [-0.25, -0.2) is 9.59 Å². The van der Waals surface area contributed by atoms with Crippen molar-refractivity contribution < 1.29 is 43.3 Å². The van der Waals surface area contributed by atoms with Crippen LogP contribution in [0.25, 0.3) is 0 Å². The topological polar surface area (TPSA) is 180 Å². The Bertz CT molecular complexity index is 1440. The maximum atomic E-state index is 14.2. The van der Waals surface area contributed by atoms with Gasteiger partial charge in [0, 0.05) is 24.5 Å². The molecular formula is C38H60N4O9. The number of amides is 3. The minimum atomic E-state index is -1.19.